The van der Waals surface area contributed by atoms with Gasteiger partial charge in [-0.3, -0.25) is 9.59 Å². The molecule has 8 heteroatoms. The molecule has 3 amide bonds. The number of amides is 3. The van der Waals surface area contributed by atoms with Crippen molar-refractivity contribution in [3.05, 3.63) is 65.2 Å². The topological polar surface area (TPSA) is 108 Å². The molecule has 38 heavy (non-hydrogen) atoms. The molecule has 2 unspecified atom stereocenters. The Hall–Kier alpha value is -3.55. The minimum atomic E-state index is -0.933. The maximum absolute atomic E-state index is 14.3. The Kier molecular flexibility index (Phi) is 9.78. The van der Waals surface area contributed by atoms with E-state index in [0.717, 1.165) is 31.2 Å². The van der Waals surface area contributed by atoms with Crippen LogP contribution in [0, 0.1) is 6.92 Å². The van der Waals surface area contributed by atoms with Crippen LogP contribution >= 0.6 is 0 Å². The zero-order chi connectivity index (χ0) is 27.9. The number of hydrogen-bond donors (Lipinski definition) is 3. The number of hydrogen-bond acceptors (Lipinski definition) is 5. The first-order valence-electron chi connectivity index (χ1n) is 13.4. The SMILES string of the molecule is CCCCNC(=O)C(c1ccc(O)c(C)c1)N(C(=O)C(Cc1ccccc1)NC(=O)OC(C)(C)C)C1CC1. The van der Waals surface area contributed by atoms with Gasteiger partial charge in [0.05, 0.1) is 0 Å². The van der Waals surface area contributed by atoms with Crippen molar-refractivity contribution in [2.75, 3.05) is 6.54 Å². The van der Waals surface area contributed by atoms with E-state index < -0.39 is 23.8 Å². The number of nitrogens with zero attached hydrogens (tertiary/aromatic N) is 1. The fourth-order valence-corrected chi connectivity index (χ4v) is 4.32. The maximum Gasteiger partial charge on any atom is 0.408 e. The van der Waals surface area contributed by atoms with Crippen molar-refractivity contribution in [1.82, 2.24) is 15.5 Å². The largest absolute Gasteiger partial charge is 0.508 e. The van der Waals surface area contributed by atoms with E-state index in [-0.39, 0.29) is 30.0 Å². The third-order valence-electron chi connectivity index (χ3n) is 6.36. The molecular formula is C30H41N3O5. The van der Waals surface area contributed by atoms with Gasteiger partial charge in [-0.2, -0.15) is 0 Å². The molecule has 2 atom stereocenters. The smallest absolute Gasteiger partial charge is 0.408 e. The highest BCUT2D eigenvalue weighted by Gasteiger charge is 2.44. The molecule has 0 radical (unpaired) electrons. The van der Waals surface area contributed by atoms with Gasteiger partial charge in [-0.05, 0) is 75.8 Å². The van der Waals surface area contributed by atoms with Crippen LogP contribution in [0.3, 0.4) is 0 Å². The molecule has 0 saturated heterocycles. The Morgan fingerprint density at radius 1 is 1.11 bits per heavy atom. The lowest BCUT2D eigenvalue weighted by Gasteiger charge is -2.35. The van der Waals surface area contributed by atoms with E-state index >= 15 is 0 Å². The molecule has 2 aromatic rings. The number of aryl methyl sites for hydroxylation is 1. The highest BCUT2D eigenvalue weighted by molar-refractivity contribution is 5.92. The lowest BCUT2D eigenvalue weighted by atomic mass is 9.98. The van der Waals surface area contributed by atoms with E-state index in [1.807, 2.05) is 37.3 Å². The van der Waals surface area contributed by atoms with Crippen molar-refractivity contribution < 1.29 is 24.2 Å². The summed E-state index contributed by atoms with van der Waals surface area (Å²) in [6.07, 6.45) is 2.85. The Morgan fingerprint density at radius 3 is 2.37 bits per heavy atom. The first-order chi connectivity index (χ1) is 18.0. The van der Waals surface area contributed by atoms with E-state index in [0.29, 0.717) is 17.7 Å². The second-order valence-electron chi connectivity index (χ2n) is 11.0. The first-order valence-corrected chi connectivity index (χ1v) is 13.4. The van der Waals surface area contributed by atoms with Gasteiger partial charge >= 0.3 is 6.09 Å². The zero-order valence-electron chi connectivity index (χ0n) is 23.1. The molecule has 0 heterocycles. The monoisotopic (exact) mass is 523 g/mol. The highest BCUT2D eigenvalue weighted by Crippen LogP contribution is 2.37. The van der Waals surface area contributed by atoms with Gasteiger partial charge in [0, 0.05) is 19.0 Å². The van der Waals surface area contributed by atoms with Gasteiger partial charge in [0.15, 0.2) is 0 Å². The van der Waals surface area contributed by atoms with Gasteiger partial charge in [0.2, 0.25) is 11.8 Å². The van der Waals surface area contributed by atoms with Crippen LogP contribution < -0.4 is 10.6 Å². The summed E-state index contributed by atoms with van der Waals surface area (Å²) in [6.45, 7) is 9.60. The van der Waals surface area contributed by atoms with Crippen molar-refractivity contribution in [3.8, 4) is 5.75 Å². The second-order valence-corrected chi connectivity index (χ2v) is 11.0. The van der Waals surface area contributed by atoms with Crippen molar-refractivity contribution in [1.29, 1.82) is 0 Å². The van der Waals surface area contributed by atoms with E-state index in [1.54, 1.807) is 50.8 Å². The molecule has 1 saturated carbocycles. The lowest BCUT2D eigenvalue weighted by molar-refractivity contribution is -0.143. The number of phenols is 1. The van der Waals surface area contributed by atoms with Crippen LogP contribution in [0.15, 0.2) is 48.5 Å². The van der Waals surface area contributed by atoms with E-state index in [9.17, 15) is 19.5 Å². The summed E-state index contributed by atoms with van der Waals surface area (Å²) in [5, 5.41) is 15.9. The summed E-state index contributed by atoms with van der Waals surface area (Å²) < 4.78 is 5.47. The predicted molar refractivity (Wildman–Crippen MR) is 147 cm³/mol. The fourth-order valence-electron chi connectivity index (χ4n) is 4.32. The maximum atomic E-state index is 14.3. The summed E-state index contributed by atoms with van der Waals surface area (Å²) in [6, 6.07) is 12.5. The average Bonchev–Trinajstić information content (AvgIpc) is 3.68. The quantitative estimate of drug-likeness (QED) is 0.367. The standard InChI is InChI=1S/C30H41N3O5/c1-6-7-17-31-27(35)26(22-13-16-25(34)20(2)18-22)33(23-14-15-23)28(36)24(19-21-11-9-8-10-12-21)32-29(37)38-30(3,4)5/h8-13,16,18,23-24,26,34H,6-7,14-15,17,19H2,1-5H3,(H,31,35)(H,32,37). The number of carbonyl (C=O) groups excluding carboxylic acids is 3. The van der Waals surface area contributed by atoms with E-state index in [4.69, 9.17) is 4.74 Å². The Bertz CT molecular complexity index is 1110. The van der Waals surface area contributed by atoms with Crippen LogP contribution in [0.2, 0.25) is 0 Å². The molecule has 1 fully saturated rings. The zero-order valence-corrected chi connectivity index (χ0v) is 23.1. The normalized spacial score (nSPS) is 14.8. The van der Waals surface area contributed by atoms with Crippen molar-refractivity contribution in [2.45, 2.75) is 90.4 Å². The number of benzene rings is 2. The Morgan fingerprint density at radius 2 is 1.79 bits per heavy atom. The molecule has 0 aliphatic heterocycles. The molecule has 1 aliphatic carbocycles. The summed E-state index contributed by atoms with van der Waals surface area (Å²) >= 11 is 0. The number of rotatable bonds is 11. The molecule has 3 N–H and O–H groups in total. The Balaban J connectivity index is 1.99. The average molecular weight is 524 g/mol. The number of phenolic OH excluding ortho intramolecular Hbond substituents is 1. The van der Waals surface area contributed by atoms with Crippen molar-refractivity contribution in [2.24, 2.45) is 0 Å². The van der Waals surface area contributed by atoms with Crippen molar-refractivity contribution >= 4 is 17.9 Å². The van der Waals surface area contributed by atoms with E-state index in [1.165, 1.54) is 0 Å². The van der Waals surface area contributed by atoms with Crippen LogP contribution in [0.25, 0.3) is 0 Å². The van der Waals surface area contributed by atoms with Gasteiger partial charge in [-0.1, -0.05) is 49.7 Å². The highest BCUT2D eigenvalue weighted by atomic mass is 16.6. The van der Waals surface area contributed by atoms with Gasteiger partial charge in [-0.25, -0.2) is 4.79 Å². The van der Waals surface area contributed by atoms with E-state index in [2.05, 4.69) is 10.6 Å². The number of carbonyl (C=O) groups is 3. The van der Waals surface area contributed by atoms with Crippen LogP contribution in [-0.2, 0) is 20.7 Å². The second kappa shape index (κ2) is 12.8. The molecule has 206 valence electrons. The molecular weight excluding hydrogens is 482 g/mol. The molecule has 0 spiro atoms. The number of nitrogens with one attached hydrogen (secondary N) is 2. The molecule has 3 rings (SSSR count). The van der Waals surface area contributed by atoms with Crippen molar-refractivity contribution in [3.63, 3.8) is 0 Å². The number of aromatic hydroxyl groups is 1. The molecule has 0 aromatic heterocycles. The molecule has 0 bridgehead atoms. The van der Waals surface area contributed by atoms with Gasteiger partial charge in [0.1, 0.15) is 23.4 Å². The van der Waals surface area contributed by atoms with Crippen LogP contribution in [0.4, 0.5) is 4.79 Å². The fraction of sp³-hybridized carbons (Fsp3) is 0.500. The number of unbranched alkanes of at least 4 members (excludes halogenated alkanes) is 1. The van der Waals surface area contributed by atoms with Gasteiger partial charge in [-0.15, -0.1) is 0 Å². The summed E-state index contributed by atoms with van der Waals surface area (Å²) in [5.41, 5.74) is 1.38. The summed E-state index contributed by atoms with van der Waals surface area (Å²) in [4.78, 5) is 42.3. The summed E-state index contributed by atoms with van der Waals surface area (Å²) in [5.74, 6) is -0.500. The van der Waals surface area contributed by atoms with Crippen LogP contribution in [-0.4, -0.2) is 52.1 Å². The van der Waals surface area contributed by atoms with Crippen LogP contribution in [0.1, 0.15) is 76.1 Å². The predicted octanol–water partition coefficient (Wildman–Crippen LogP) is 4.79. The Labute approximate surface area is 225 Å². The lowest BCUT2D eigenvalue weighted by Crippen LogP contribution is -2.54. The van der Waals surface area contributed by atoms with Crippen LogP contribution in [0.5, 0.6) is 5.75 Å². The van der Waals surface area contributed by atoms with Gasteiger partial charge in [0.25, 0.3) is 0 Å². The third kappa shape index (κ3) is 8.23. The number of ether oxygens (including phenoxy) is 1. The minimum Gasteiger partial charge on any atom is -0.508 e. The molecule has 2 aromatic carbocycles. The first kappa shape index (κ1) is 29.0. The molecule has 8 nitrogen and oxygen atoms in total. The summed E-state index contributed by atoms with van der Waals surface area (Å²) in [7, 11) is 0. The molecule has 1 aliphatic rings. The minimum absolute atomic E-state index is 0.122. The third-order valence-corrected chi connectivity index (χ3v) is 6.36. The number of alkyl carbamates (subject to hydrolysis) is 1. The van der Waals surface area contributed by atoms with Gasteiger partial charge < -0.3 is 25.4 Å².